The van der Waals surface area contributed by atoms with Crippen LogP contribution in [0.4, 0.5) is 5.69 Å². The summed E-state index contributed by atoms with van der Waals surface area (Å²) in [6, 6.07) is 3.52. The highest BCUT2D eigenvalue weighted by Crippen LogP contribution is 2.30. The van der Waals surface area contributed by atoms with E-state index in [-0.39, 0.29) is 0 Å². The van der Waals surface area contributed by atoms with Gasteiger partial charge in [-0.2, -0.15) is 0 Å². The van der Waals surface area contributed by atoms with Gasteiger partial charge in [-0.25, -0.2) is 4.98 Å². The van der Waals surface area contributed by atoms with E-state index in [0.29, 0.717) is 22.5 Å². The van der Waals surface area contributed by atoms with Crippen LogP contribution in [0.1, 0.15) is 0 Å². The highest BCUT2D eigenvalue weighted by atomic mass is 127. The van der Waals surface area contributed by atoms with Gasteiger partial charge in [-0.3, -0.25) is 0 Å². The third-order valence-corrected chi connectivity index (χ3v) is 2.06. The smallest absolute Gasteiger partial charge is 0.192 e. The maximum absolute atomic E-state index is 5.72. The lowest BCUT2D eigenvalue weighted by atomic mass is 10.2. The van der Waals surface area contributed by atoms with E-state index in [9.17, 15) is 0 Å². The molecule has 0 fully saturated rings. The lowest BCUT2D eigenvalue weighted by Crippen LogP contribution is -1.89. The molecule has 2 N–H and O–H groups in total. The molecule has 0 saturated carbocycles. The first-order valence-electron chi connectivity index (χ1n) is 3.23. The number of nitrogen functional groups attached to an aromatic ring is 1. The number of aromatic nitrogens is 1. The van der Waals surface area contributed by atoms with Crippen LogP contribution in [0.25, 0.3) is 11.1 Å². The highest BCUT2D eigenvalue weighted by Gasteiger charge is 2.07. The molecule has 1 aromatic carbocycles. The second-order valence-corrected chi connectivity index (χ2v) is 2.69. The molecular weight excluding hydrogens is 271 g/mol. The monoisotopic (exact) mass is 276 g/mol. The van der Waals surface area contributed by atoms with Crippen LogP contribution in [0.2, 0.25) is 0 Å². The lowest BCUT2D eigenvalue weighted by Gasteiger charge is -2.00. The van der Waals surface area contributed by atoms with Gasteiger partial charge in [0.05, 0.1) is 0 Å². The normalized spacial score (nSPS) is 10.4. The molecule has 1 aromatic heterocycles. The molecule has 5 heteroatoms. The number of anilines is 1. The van der Waals surface area contributed by atoms with Gasteiger partial charge >= 0.3 is 0 Å². The Bertz CT molecular complexity index is 413. The van der Waals surface area contributed by atoms with Crippen LogP contribution in [0.15, 0.2) is 22.9 Å². The summed E-state index contributed by atoms with van der Waals surface area (Å²) >= 11 is 1.77. The van der Waals surface area contributed by atoms with Crippen molar-refractivity contribution in [3.8, 4) is 5.75 Å². The number of nitrogens with two attached hydrogens (primary N) is 1. The zero-order valence-corrected chi connectivity index (χ0v) is 8.11. The summed E-state index contributed by atoms with van der Waals surface area (Å²) in [6.45, 7) is 0. The summed E-state index contributed by atoms with van der Waals surface area (Å²) in [6.07, 6.45) is 1.36. The first-order chi connectivity index (χ1) is 5.83. The Morgan fingerprint density at radius 1 is 1.50 bits per heavy atom. The zero-order valence-electron chi connectivity index (χ0n) is 5.95. The molecule has 0 atom stereocenters. The van der Waals surface area contributed by atoms with Gasteiger partial charge in [0.25, 0.3) is 0 Å². The maximum atomic E-state index is 5.72. The van der Waals surface area contributed by atoms with E-state index in [1.54, 1.807) is 35.1 Å². The van der Waals surface area contributed by atoms with Crippen molar-refractivity contribution >= 4 is 39.8 Å². The molecule has 0 spiro atoms. The Kier molecular flexibility index (Phi) is 1.80. The van der Waals surface area contributed by atoms with Crippen LogP contribution in [0.3, 0.4) is 0 Å². The van der Waals surface area contributed by atoms with Gasteiger partial charge < -0.3 is 13.2 Å². The molecular formula is C7H5IN2O2. The van der Waals surface area contributed by atoms with Crippen LogP contribution >= 0.6 is 23.0 Å². The van der Waals surface area contributed by atoms with E-state index < -0.39 is 0 Å². The highest BCUT2D eigenvalue weighted by molar-refractivity contribution is 14.1. The van der Waals surface area contributed by atoms with Crippen molar-refractivity contribution in [1.29, 1.82) is 0 Å². The fourth-order valence-corrected chi connectivity index (χ4v) is 1.38. The third-order valence-electron chi connectivity index (χ3n) is 1.58. The Morgan fingerprint density at radius 2 is 2.33 bits per heavy atom. The van der Waals surface area contributed by atoms with E-state index in [1.807, 2.05) is 0 Å². The summed E-state index contributed by atoms with van der Waals surface area (Å²) in [5, 5.41) is 0. The minimum Gasteiger partial charge on any atom is -0.443 e. The van der Waals surface area contributed by atoms with Gasteiger partial charge in [0.2, 0.25) is 0 Å². The van der Waals surface area contributed by atoms with E-state index in [2.05, 4.69) is 4.98 Å². The van der Waals surface area contributed by atoms with Crippen molar-refractivity contribution in [1.82, 2.24) is 4.98 Å². The second-order valence-electron chi connectivity index (χ2n) is 2.25. The number of halogens is 1. The fraction of sp³-hybridized carbons (Fsp3) is 0. The van der Waals surface area contributed by atoms with Crippen molar-refractivity contribution in [2.45, 2.75) is 0 Å². The first kappa shape index (κ1) is 7.66. The lowest BCUT2D eigenvalue weighted by molar-refractivity contribution is 0.602. The van der Waals surface area contributed by atoms with E-state index in [0.717, 1.165) is 0 Å². The summed E-state index contributed by atoms with van der Waals surface area (Å²) in [5.41, 5.74) is 7.55. The Balaban J connectivity index is 2.78. The molecule has 0 amide bonds. The van der Waals surface area contributed by atoms with Gasteiger partial charge in [-0.05, 0) is 12.1 Å². The van der Waals surface area contributed by atoms with Crippen LogP contribution in [-0.4, -0.2) is 4.98 Å². The third kappa shape index (κ3) is 1.01. The molecule has 0 saturated heterocycles. The molecule has 4 nitrogen and oxygen atoms in total. The van der Waals surface area contributed by atoms with E-state index >= 15 is 0 Å². The van der Waals surface area contributed by atoms with Crippen LogP contribution in [0, 0.1) is 0 Å². The molecule has 2 rings (SSSR count). The molecule has 0 aliphatic rings. The fourth-order valence-electron chi connectivity index (χ4n) is 1.00. The molecule has 0 aliphatic carbocycles. The quantitative estimate of drug-likeness (QED) is 0.640. The largest absolute Gasteiger partial charge is 0.443 e. The zero-order chi connectivity index (χ0) is 8.55. The predicted octanol–water partition coefficient (Wildman–Crippen LogP) is 2.14. The minimum atomic E-state index is 0.510. The molecule has 1 heterocycles. The number of hydrogen-bond acceptors (Lipinski definition) is 4. The van der Waals surface area contributed by atoms with Crippen molar-refractivity contribution in [3.05, 3.63) is 18.5 Å². The SMILES string of the molecule is Nc1c(OI)ccc2ocnc12. The number of nitrogens with zero attached hydrogens (tertiary/aromatic N) is 1. The first-order valence-corrected chi connectivity index (χ1v) is 4.11. The van der Waals surface area contributed by atoms with Crippen molar-refractivity contribution < 1.29 is 7.48 Å². The number of fused-ring (bicyclic) bond motifs is 1. The molecule has 62 valence electrons. The Labute approximate surface area is 82.4 Å². The maximum Gasteiger partial charge on any atom is 0.192 e. The second kappa shape index (κ2) is 2.81. The van der Waals surface area contributed by atoms with Crippen molar-refractivity contribution in [3.63, 3.8) is 0 Å². The molecule has 2 aromatic rings. The van der Waals surface area contributed by atoms with E-state index in [1.165, 1.54) is 6.39 Å². The van der Waals surface area contributed by atoms with Crippen molar-refractivity contribution in [2.24, 2.45) is 0 Å². The molecule has 12 heavy (non-hydrogen) atoms. The molecule has 0 unspecified atom stereocenters. The number of hydrogen-bond donors (Lipinski definition) is 1. The number of oxazole rings is 1. The van der Waals surface area contributed by atoms with Crippen LogP contribution in [0.5, 0.6) is 5.75 Å². The summed E-state index contributed by atoms with van der Waals surface area (Å²) < 4.78 is 10.0. The Hall–Kier alpha value is -0.980. The number of rotatable bonds is 1. The topological polar surface area (TPSA) is 61.3 Å². The van der Waals surface area contributed by atoms with Crippen LogP contribution < -0.4 is 8.80 Å². The van der Waals surface area contributed by atoms with Crippen LogP contribution in [-0.2, 0) is 0 Å². The summed E-state index contributed by atoms with van der Waals surface area (Å²) in [4.78, 5) is 3.95. The average Bonchev–Trinajstić information content (AvgIpc) is 2.53. The van der Waals surface area contributed by atoms with Gasteiger partial charge in [0, 0.05) is 0 Å². The molecule has 0 radical (unpaired) electrons. The molecule has 0 bridgehead atoms. The van der Waals surface area contributed by atoms with Gasteiger partial charge in [0.1, 0.15) is 11.2 Å². The van der Waals surface area contributed by atoms with Gasteiger partial charge in [-0.1, -0.05) is 0 Å². The van der Waals surface area contributed by atoms with Gasteiger partial charge in [-0.15, -0.1) is 0 Å². The standard InChI is InChI=1S/C7H5IN2O2/c8-12-4-1-2-5-7(6(4)9)10-3-11-5/h1-3H,9H2. The van der Waals surface area contributed by atoms with Crippen molar-refractivity contribution in [2.75, 3.05) is 5.73 Å². The summed E-state index contributed by atoms with van der Waals surface area (Å²) in [7, 11) is 0. The average molecular weight is 276 g/mol. The predicted molar refractivity (Wildman–Crippen MR) is 53.1 cm³/mol. The minimum absolute atomic E-state index is 0.510. The summed E-state index contributed by atoms with van der Waals surface area (Å²) in [5.74, 6) is 0.608. The molecule has 0 aliphatic heterocycles. The van der Waals surface area contributed by atoms with E-state index in [4.69, 9.17) is 13.2 Å². The Morgan fingerprint density at radius 3 is 3.08 bits per heavy atom. The number of benzene rings is 1. The van der Waals surface area contributed by atoms with Gasteiger partial charge in [0.15, 0.2) is 40.7 Å².